The van der Waals surface area contributed by atoms with Gasteiger partial charge in [0.1, 0.15) is 0 Å². The molecule has 2 rings (SSSR count). The van der Waals surface area contributed by atoms with Crippen molar-refractivity contribution in [2.45, 2.75) is 13.0 Å². The van der Waals surface area contributed by atoms with Gasteiger partial charge in [-0.1, -0.05) is 48.5 Å². The van der Waals surface area contributed by atoms with Crippen LogP contribution in [0.15, 0.2) is 60.7 Å². The van der Waals surface area contributed by atoms with Gasteiger partial charge < -0.3 is 4.74 Å². The third-order valence-corrected chi connectivity index (χ3v) is 4.43. The van der Waals surface area contributed by atoms with Gasteiger partial charge in [0, 0.05) is 6.42 Å². The van der Waals surface area contributed by atoms with Crippen molar-refractivity contribution in [3.8, 4) is 9.85 Å². The second-order valence-electron chi connectivity index (χ2n) is 3.95. The van der Waals surface area contributed by atoms with Crippen molar-refractivity contribution in [1.29, 1.82) is 0 Å². The van der Waals surface area contributed by atoms with Gasteiger partial charge in [-0.15, -0.1) is 0 Å². The van der Waals surface area contributed by atoms with Gasteiger partial charge in [-0.25, -0.2) is 0 Å². The second kappa shape index (κ2) is 8.73. The topological polar surface area (TPSA) is 9.23 Å². The zero-order valence-electron chi connectivity index (χ0n) is 10.7. The van der Waals surface area contributed by atoms with Crippen LogP contribution in [0.25, 0.3) is 0 Å². The van der Waals surface area contributed by atoms with E-state index in [2.05, 4.69) is 46.2 Å². The summed E-state index contributed by atoms with van der Waals surface area (Å²) in [5.74, 6) is 3.19. The fourth-order valence-corrected chi connectivity index (χ4v) is 3.05. The normalized spacial score (nSPS) is 9.68. The first-order chi connectivity index (χ1) is 9.45. The Morgan fingerprint density at radius 2 is 1.58 bits per heavy atom. The number of hydrogen-bond acceptors (Lipinski definition) is 1. The van der Waals surface area contributed by atoms with Gasteiger partial charge in [0.2, 0.25) is 3.57 Å². The first kappa shape index (κ1) is 14.1. The summed E-state index contributed by atoms with van der Waals surface area (Å²) in [6.45, 7) is 1.39. The SMILES string of the molecule is C(#C[I+]c1ccccc1)CCOCc1ccccc1. The Balaban J connectivity index is 1.60. The molecule has 0 radical (unpaired) electrons. The van der Waals surface area contributed by atoms with Crippen LogP contribution in [0.4, 0.5) is 0 Å². The minimum atomic E-state index is -0.157. The van der Waals surface area contributed by atoms with Gasteiger partial charge >= 0.3 is 21.2 Å². The molecule has 0 saturated heterocycles. The highest BCUT2D eigenvalue weighted by molar-refractivity contribution is 5.13. The molecule has 0 unspecified atom stereocenters. The van der Waals surface area contributed by atoms with Gasteiger partial charge in [-0.05, 0) is 23.6 Å². The fraction of sp³-hybridized carbons (Fsp3) is 0.176. The Hall–Kier alpha value is -1.31. The predicted octanol–water partition coefficient (Wildman–Crippen LogP) is 0.513. The summed E-state index contributed by atoms with van der Waals surface area (Å²) in [4.78, 5) is 0. The van der Waals surface area contributed by atoms with E-state index in [1.165, 1.54) is 9.13 Å². The molecule has 0 heterocycles. The third kappa shape index (κ3) is 5.91. The summed E-state index contributed by atoms with van der Waals surface area (Å²) in [6.07, 6.45) is 0.819. The summed E-state index contributed by atoms with van der Waals surface area (Å²) < 4.78 is 10.2. The van der Waals surface area contributed by atoms with Crippen molar-refractivity contribution >= 4 is 0 Å². The number of hydrogen-bond donors (Lipinski definition) is 0. The maximum Gasteiger partial charge on any atom is 0.419 e. The average Bonchev–Trinajstić information content (AvgIpc) is 2.48. The molecule has 0 atom stereocenters. The Bertz CT molecular complexity index is 525. The van der Waals surface area contributed by atoms with Gasteiger partial charge in [0.25, 0.3) is 0 Å². The lowest BCUT2D eigenvalue weighted by Crippen LogP contribution is -3.59. The maximum absolute atomic E-state index is 5.58. The molecule has 19 heavy (non-hydrogen) atoms. The molecule has 0 aliphatic heterocycles. The van der Waals surface area contributed by atoms with E-state index < -0.39 is 0 Å². The van der Waals surface area contributed by atoms with Crippen LogP contribution in [-0.2, 0) is 11.3 Å². The van der Waals surface area contributed by atoms with Gasteiger partial charge in [-0.2, -0.15) is 0 Å². The molecule has 2 aromatic carbocycles. The average molecular weight is 363 g/mol. The molecular formula is C17H16IO+. The highest BCUT2D eigenvalue weighted by Gasteiger charge is 2.05. The molecule has 96 valence electrons. The van der Waals surface area contributed by atoms with Crippen molar-refractivity contribution in [3.05, 3.63) is 69.8 Å². The third-order valence-electron chi connectivity index (χ3n) is 2.44. The molecule has 2 heteroatoms. The van der Waals surface area contributed by atoms with Crippen LogP contribution in [0.2, 0.25) is 0 Å². The molecule has 0 saturated carbocycles. The lowest BCUT2D eigenvalue weighted by molar-refractivity contribution is -0.535. The highest BCUT2D eigenvalue weighted by Crippen LogP contribution is 2.00. The molecule has 0 aliphatic rings. The van der Waals surface area contributed by atoms with E-state index >= 15 is 0 Å². The standard InChI is InChI=1S/C17H16IO/c1-3-9-16(10-4-1)15-19-14-8-7-13-18-17-11-5-2-6-12-17/h1-6,9-12H,8,14-15H2/q+1. The van der Waals surface area contributed by atoms with Crippen molar-refractivity contribution in [2.75, 3.05) is 6.61 Å². The predicted molar refractivity (Wildman–Crippen MR) is 73.6 cm³/mol. The minimum Gasteiger partial charge on any atom is -0.376 e. The van der Waals surface area contributed by atoms with Crippen LogP contribution in [0, 0.1) is 13.4 Å². The molecule has 0 bridgehead atoms. The van der Waals surface area contributed by atoms with Gasteiger partial charge in [-0.3, -0.25) is 0 Å². The van der Waals surface area contributed by atoms with E-state index in [4.69, 9.17) is 4.74 Å². The quantitative estimate of drug-likeness (QED) is 0.428. The maximum atomic E-state index is 5.58. The number of benzene rings is 2. The van der Waals surface area contributed by atoms with Crippen LogP contribution in [-0.4, -0.2) is 6.61 Å². The minimum absolute atomic E-state index is 0.157. The molecule has 2 aromatic rings. The van der Waals surface area contributed by atoms with Crippen LogP contribution < -0.4 is 21.2 Å². The molecule has 0 amide bonds. The van der Waals surface area contributed by atoms with E-state index in [0.29, 0.717) is 13.2 Å². The Labute approximate surface area is 125 Å². The van der Waals surface area contributed by atoms with Gasteiger partial charge in [0.05, 0.1) is 13.2 Å². The molecule has 0 fully saturated rings. The molecule has 0 spiro atoms. The van der Waals surface area contributed by atoms with E-state index in [-0.39, 0.29) is 21.2 Å². The van der Waals surface area contributed by atoms with Crippen molar-refractivity contribution < 1.29 is 25.9 Å². The molecule has 1 nitrogen and oxygen atoms in total. The molecule has 0 aromatic heterocycles. The van der Waals surface area contributed by atoms with Crippen LogP contribution in [0.5, 0.6) is 0 Å². The molecule has 0 N–H and O–H groups in total. The Kier molecular flexibility index (Phi) is 6.48. The second-order valence-corrected chi connectivity index (χ2v) is 6.27. The first-order valence-electron chi connectivity index (χ1n) is 6.23. The van der Waals surface area contributed by atoms with Crippen molar-refractivity contribution in [3.63, 3.8) is 0 Å². The zero-order valence-corrected chi connectivity index (χ0v) is 12.8. The van der Waals surface area contributed by atoms with Crippen LogP contribution in [0.3, 0.4) is 0 Å². The molecule has 0 aliphatic carbocycles. The van der Waals surface area contributed by atoms with E-state index in [9.17, 15) is 0 Å². The summed E-state index contributed by atoms with van der Waals surface area (Å²) >= 11 is -0.157. The lowest BCUT2D eigenvalue weighted by atomic mass is 10.2. The Morgan fingerprint density at radius 3 is 2.32 bits per heavy atom. The van der Waals surface area contributed by atoms with Crippen LogP contribution >= 0.6 is 0 Å². The van der Waals surface area contributed by atoms with E-state index in [0.717, 1.165) is 6.42 Å². The monoisotopic (exact) mass is 363 g/mol. The van der Waals surface area contributed by atoms with Crippen molar-refractivity contribution in [2.24, 2.45) is 0 Å². The summed E-state index contributed by atoms with van der Waals surface area (Å²) in [7, 11) is 0. The summed E-state index contributed by atoms with van der Waals surface area (Å²) in [6, 6.07) is 20.7. The largest absolute Gasteiger partial charge is 0.419 e. The van der Waals surface area contributed by atoms with Crippen LogP contribution in [0.1, 0.15) is 12.0 Å². The number of ether oxygens (including phenoxy) is 1. The van der Waals surface area contributed by atoms with Crippen molar-refractivity contribution in [1.82, 2.24) is 0 Å². The fourth-order valence-electron chi connectivity index (χ4n) is 1.50. The summed E-state index contributed by atoms with van der Waals surface area (Å²) in [5, 5.41) is 0. The van der Waals surface area contributed by atoms with E-state index in [1.807, 2.05) is 24.3 Å². The van der Waals surface area contributed by atoms with Gasteiger partial charge in [0.15, 0.2) is 3.93 Å². The number of halogens is 1. The van der Waals surface area contributed by atoms with E-state index in [1.54, 1.807) is 0 Å². The lowest BCUT2D eigenvalue weighted by Gasteiger charge is -2.00. The Morgan fingerprint density at radius 1 is 0.895 bits per heavy atom. The highest BCUT2D eigenvalue weighted by atomic mass is 127. The zero-order chi connectivity index (χ0) is 13.2. The molecular weight excluding hydrogens is 347 g/mol. The number of rotatable bonds is 5. The first-order valence-corrected chi connectivity index (χ1v) is 8.39. The smallest absolute Gasteiger partial charge is 0.376 e. The summed E-state index contributed by atoms with van der Waals surface area (Å²) in [5.41, 5.74) is 1.21.